The molecule has 1 aliphatic heterocycles. The predicted octanol–water partition coefficient (Wildman–Crippen LogP) is 2.75. The molecule has 3 atom stereocenters. The van der Waals surface area contributed by atoms with Gasteiger partial charge in [0.2, 0.25) is 5.91 Å². The Kier molecular flexibility index (Phi) is 7.40. The first-order valence-corrected chi connectivity index (χ1v) is 11.1. The van der Waals surface area contributed by atoms with Crippen LogP contribution in [0.3, 0.4) is 0 Å². The zero-order valence-electron chi connectivity index (χ0n) is 19.2. The third-order valence-corrected chi connectivity index (χ3v) is 5.88. The van der Waals surface area contributed by atoms with Crippen molar-refractivity contribution in [3.8, 4) is 5.75 Å². The number of urea groups is 1. The SMILES string of the molecule is C[C@H](NC(=O)[C@@H]1CNC(=O)N1)[C@@H](CNCc1cccc(C(C)(C)C)c1)c1ccccc1O. The Balaban J connectivity index is 1.69. The first kappa shape index (κ1) is 23.6. The van der Waals surface area contributed by atoms with Gasteiger partial charge in [-0.2, -0.15) is 0 Å². The van der Waals surface area contributed by atoms with Crippen LogP contribution in [0.5, 0.6) is 5.75 Å². The van der Waals surface area contributed by atoms with Gasteiger partial charge >= 0.3 is 6.03 Å². The number of rotatable bonds is 8. The van der Waals surface area contributed by atoms with Crippen molar-refractivity contribution in [3.05, 3.63) is 65.2 Å². The fraction of sp³-hybridized carbons (Fsp3) is 0.440. The van der Waals surface area contributed by atoms with Crippen molar-refractivity contribution in [1.29, 1.82) is 0 Å². The maximum absolute atomic E-state index is 12.6. The van der Waals surface area contributed by atoms with Crippen LogP contribution in [0, 0.1) is 0 Å². The van der Waals surface area contributed by atoms with E-state index in [-0.39, 0.29) is 41.6 Å². The molecule has 0 saturated carbocycles. The van der Waals surface area contributed by atoms with Crippen molar-refractivity contribution in [2.45, 2.75) is 57.7 Å². The number of nitrogens with one attached hydrogen (secondary N) is 4. The summed E-state index contributed by atoms with van der Waals surface area (Å²) in [7, 11) is 0. The van der Waals surface area contributed by atoms with Gasteiger partial charge < -0.3 is 26.4 Å². The molecular formula is C25H34N4O3. The van der Waals surface area contributed by atoms with Gasteiger partial charge in [-0.1, -0.05) is 63.2 Å². The van der Waals surface area contributed by atoms with E-state index in [1.54, 1.807) is 12.1 Å². The molecular weight excluding hydrogens is 404 g/mol. The van der Waals surface area contributed by atoms with Gasteiger partial charge in [-0.05, 0) is 29.5 Å². The Labute approximate surface area is 190 Å². The second-order valence-electron chi connectivity index (χ2n) is 9.45. The van der Waals surface area contributed by atoms with Crippen LogP contribution in [-0.4, -0.2) is 42.2 Å². The number of para-hydroxylation sites is 1. The molecule has 1 heterocycles. The lowest BCUT2D eigenvalue weighted by Gasteiger charge is -2.27. The minimum Gasteiger partial charge on any atom is -0.508 e. The number of hydrogen-bond acceptors (Lipinski definition) is 4. The predicted molar refractivity (Wildman–Crippen MR) is 126 cm³/mol. The van der Waals surface area contributed by atoms with Gasteiger partial charge in [0.15, 0.2) is 0 Å². The van der Waals surface area contributed by atoms with Crippen LogP contribution in [0.2, 0.25) is 0 Å². The van der Waals surface area contributed by atoms with E-state index in [4.69, 9.17) is 0 Å². The van der Waals surface area contributed by atoms with Gasteiger partial charge in [0.1, 0.15) is 11.8 Å². The van der Waals surface area contributed by atoms with Crippen LogP contribution < -0.4 is 21.3 Å². The summed E-state index contributed by atoms with van der Waals surface area (Å²) in [5, 5.41) is 22.1. The third-order valence-electron chi connectivity index (χ3n) is 5.88. The highest BCUT2D eigenvalue weighted by molar-refractivity contribution is 5.90. The fourth-order valence-corrected chi connectivity index (χ4v) is 3.92. The van der Waals surface area contributed by atoms with Gasteiger partial charge in [-0.3, -0.25) is 4.79 Å². The topological polar surface area (TPSA) is 102 Å². The highest BCUT2D eigenvalue weighted by Gasteiger charge is 2.30. The first-order valence-electron chi connectivity index (χ1n) is 11.1. The molecule has 0 aliphatic carbocycles. The van der Waals surface area contributed by atoms with Crippen LogP contribution in [-0.2, 0) is 16.8 Å². The molecule has 2 aromatic carbocycles. The van der Waals surface area contributed by atoms with E-state index < -0.39 is 6.04 Å². The number of phenols is 1. The van der Waals surface area contributed by atoms with Crippen LogP contribution in [0.4, 0.5) is 4.79 Å². The molecule has 2 aromatic rings. The maximum Gasteiger partial charge on any atom is 0.315 e. The second-order valence-corrected chi connectivity index (χ2v) is 9.45. The number of carbonyl (C=O) groups is 2. The second kappa shape index (κ2) is 10.0. The molecule has 3 amide bonds. The van der Waals surface area contributed by atoms with Gasteiger partial charge in [0.05, 0.1) is 0 Å². The average Bonchev–Trinajstić information content (AvgIpc) is 3.18. The summed E-state index contributed by atoms with van der Waals surface area (Å²) in [6.45, 7) is 10.0. The molecule has 3 rings (SSSR count). The Morgan fingerprint density at radius 2 is 1.94 bits per heavy atom. The fourth-order valence-electron chi connectivity index (χ4n) is 3.92. The Bertz CT molecular complexity index is 954. The summed E-state index contributed by atoms with van der Waals surface area (Å²) < 4.78 is 0. The minimum atomic E-state index is -0.594. The molecule has 0 radical (unpaired) electrons. The number of benzene rings is 2. The third kappa shape index (κ3) is 6.01. The maximum atomic E-state index is 12.6. The quantitative estimate of drug-likeness (QED) is 0.437. The molecule has 1 fully saturated rings. The highest BCUT2D eigenvalue weighted by atomic mass is 16.3. The molecule has 32 heavy (non-hydrogen) atoms. The standard InChI is InChI=1S/C25H34N4O3/c1-16(28-23(31)21-15-27-24(32)29-21)20(19-10-5-6-11-22(19)30)14-26-13-17-8-7-9-18(12-17)25(2,3)4/h5-12,16,20-21,26,30H,13-15H2,1-4H3,(H,28,31)(H2,27,29,32)/t16-,20+,21-/m0/s1. The van der Waals surface area contributed by atoms with E-state index in [9.17, 15) is 14.7 Å². The normalized spacial score (nSPS) is 17.9. The van der Waals surface area contributed by atoms with Crippen molar-refractivity contribution in [3.63, 3.8) is 0 Å². The van der Waals surface area contributed by atoms with Crippen molar-refractivity contribution in [1.82, 2.24) is 21.3 Å². The lowest BCUT2D eigenvalue weighted by atomic mass is 9.86. The molecule has 172 valence electrons. The Hall–Kier alpha value is -3.06. The number of amides is 3. The molecule has 7 heteroatoms. The van der Waals surface area contributed by atoms with Crippen molar-refractivity contribution in [2.75, 3.05) is 13.1 Å². The molecule has 0 spiro atoms. The Morgan fingerprint density at radius 1 is 1.19 bits per heavy atom. The summed E-state index contributed by atoms with van der Waals surface area (Å²) in [6, 6.07) is 14.5. The largest absolute Gasteiger partial charge is 0.508 e. The van der Waals surface area contributed by atoms with Crippen LogP contribution in [0.15, 0.2) is 48.5 Å². The summed E-state index contributed by atoms with van der Waals surface area (Å²) >= 11 is 0. The smallest absolute Gasteiger partial charge is 0.315 e. The summed E-state index contributed by atoms with van der Waals surface area (Å²) in [5.41, 5.74) is 3.31. The monoisotopic (exact) mass is 438 g/mol. The Morgan fingerprint density at radius 3 is 2.59 bits per heavy atom. The first-order chi connectivity index (χ1) is 15.1. The number of aromatic hydroxyl groups is 1. The van der Waals surface area contributed by atoms with E-state index in [1.165, 1.54) is 11.1 Å². The molecule has 5 N–H and O–H groups in total. The van der Waals surface area contributed by atoms with Gasteiger partial charge in [0, 0.05) is 37.2 Å². The molecule has 0 bridgehead atoms. The lowest BCUT2D eigenvalue weighted by Crippen LogP contribution is -2.49. The van der Waals surface area contributed by atoms with Gasteiger partial charge in [0.25, 0.3) is 0 Å². The summed E-state index contributed by atoms with van der Waals surface area (Å²) in [4.78, 5) is 24.0. The van der Waals surface area contributed by atoms with Crippen molar-refractivity contribution < 1.29 is 14.7 Å². The van der Waals surface area contributed by atoms with Gasteiger partial charge in [-0.15, -0.1) is 0 Å². The van der Waals surface area contributed by atoms with Crippen molar-refractivity contribution >= 4 is 11.9 Å². The van der Waals surface area contributed by atoms with Crippen LogP contribution in [0.25, 0.3) is 0 Å². The van der Waals surface area contributed by atoms with E-state index >= 15 is 0 Å². The van der Waals surface area contributed by atoms with E-state index in [0.29, 0.717) is 13.1 Å². The zero-order valence-corrected chi connectivity index (χ0v) is 19.2. The van der Waals surface area contributed by atoms with Crippen LogP contribution >= 0.6 is 0 Å². The molecule has 7 nitrogen and oxygen atoms in total. The van der Waals surface area contributed by atoms with Gasteiger partial charge in [-0.25, -0.2) is 4.79 Å². The minimum absolute atomic E-state index is 0.0810. The van der Waals surface area contributed by atoms with Crippen LogP contribution in [0.1, 0.15) is 50.3 Å². The highest BCUT2D eigenvalue weighted by Crippen LogP contribution is 2.28. The lowest BCUT2D eigenvalue weighted by molar-refractivity contribution is -0.123. The van der Waals surface area contributed by atoms with E-state index in [0.717, 1.165) is 5.56 Å². The number of carbonyl (C=O) groups excluding carboxylic acids is 2. The number of hydrogen-bond donors (Lipinski definition) is 5. The summed E-state index contributed by atoms with van der Waals surface area (Å²) in [6.07, 6.45) is 0. The average molecular weight is 439 g/mol. The zero-order chi connectivity index (χ0) is 23.3. The molecule has 0 unspecified atom stereocenters. The van der Waals surface area contributed by atoms with E-state index in [1.807, 2.05) is 19.1 Å². The molecule has 0 aromatic heterocycles. The summed E-state index contributed by atoms with van der Waals surface area (Å²) in [5.74, 6) is -0.198. The van der Waals surface area contributed by atoms with E-state index in [2.05, 4.69) is 66.3 Å². The van der Waals surface area contributed by atoms with Crippen molar-refractivity contribution in [2.24, 2.45) is 0 Å². The molecule has 1 aliphatic rings. The number of phenolic OH excluding ortho intramolecular Hbond substituents is 1. The molecule has 1 saturated heterocycles.